The molecule has 0 aromatic heterocycles. The first-order valence-corrected chi connectivity index (χ1v) is 10.5. The van der Waals surface area contributed by atoms with Gasteiger partial charge in [0.15, 0.2) is 0 Å². The first-order chi connectivity index (χ1) is 14.1. The number of benzene rings is 1. The van der Waals surface area contributed by atoms with Crippen LogP contribution in [0.25, 0.3) is 0 Å². The zero-order valence-corrected chi connectivity index (χ0v) is 18.2. The van der Waals surface area contributed by atoms with Crippen LogP contribution in [-0.2, 0) is 9.53 Å². The molecule has 3 rings (SSSR count). The number of carboxylic acids is 1. The molecule has 1 aromatic carbocycles. The van der Waals surface area contributed by atoms with Crippen LogP contribution < -0.4 is 4.74 Å². The second-order valence-electron chi connectivity index (χ2n) is 9.02. The summed E-state index contributed by atoms with van der Waals surface area (Å²) in [6.07, 6.45) is 1.90. The number of rotatable bonds is 3. The van der Waals surface area contributed by atoms with Gasteiger partial charge in [0, 0.05) is 6.54 Å². The predicted octanol–water partition coefficient (Wildman–Crippen LogP) is 4.47. The third kappa shape index (κ3) is 4.99. The molecular weight excluding hydrogens is 408 g/mol. The molecule has 7 nitrogen and oxygen atoms in total. The molecule has 8 heteroatoms. The number of piperidine rings is 1. The number of nitriles is 1. The van der Waals surface area contributed by atoms with Gasteiger partial charge in [-0.05, 0) is 70.4 Å². The van der Waals surface area contributed by atoms with Crippen molar-refractivity contribution >= 4 is 23.7 Å². The molecule has 1 heterocycles. The second kappa shape index (κ2) is 8.73. The number of carbonyl (C=O) groups excluding carboxylic acids is 1. The Bertz CT molecular complexity index is 860. The van der Waals surface area contributed by atoms with Gasteiger partial charge in [-0.3, -0.25) is 4.90 Å². The van der Waals surface area contributed by atoms with E-state index in [1.54, 1.807) is 39.0 Å². The lowest BCUT2D eigenvalue weighted by atomic mass is 9.72. The highest BCUT2D eigenvalue weighted by molar-refractivity contribution is 6.31. The molecule has 1 aromatic rings. The van der Waals surface area contributed by atoms with Crippen molar-refractivity contribution in [2.24, 2.45) is 11.8 Å². The summed E-state index contributed by atoms with van der Waals surface area (Å²) < 4.78 is 11.5. The lowest BCUT2D eigenvalue weighted by Gasteiger charge is -2.46. The van der Waals surface area contributed by atoms with E-state index in [1.807, 2.05) is 0 Å². The molecule has 1 N–H and O–H groups in total. The zero-order chi connectivity index (χ0) is 22.1. The van der Waals surface area contributed by atoms with E-state index in [9.17, 15) is 20.0 Å². The molecular formula is C22H27ClN2O5. The van der Waals surface area contributed by atoms with Crippen LogP contribution >= 0.6 is 11.6 Å². The van der Waals surface area contributed by atoms with Gasteiger partial charge in [0.25, 0.3) is 0 Å². The summed E-state index contributed by atoms with van der Waals surface area (Å²) in [5.74, 6) is -0.255. The van der Waals surface area contributed by atoms with Crippen LogP contribution in [0.15, 0.2) is 18.2 Å². The van der Waals surface area contributed by atoms with Crippen molar-refractivity contribution in [3.8, 4) is 11.8 Å². The summed E-state index contributed by atoms with van der Waals surface area (Å²) in [6, 6.07) is 6.27. The molecule has 0 spiro atoms. The van der Waals surface area contributed by atoms with Crippen molar-refractivity contribution in [3.63, 3.8) is 0 Å². The van der Waals surface area contributed by atoms with Crippen LogP contribution in [0.4, 0.5) is 4.79 Å². The predicted molar refractivity (Wildman–Crippen MR) is 110 cm³/mol. The molecule has 1 aliphatic heterocycles. The maximum atomic E-state index is 12.6. The number of ether oxygens (including phenoxy) is 2. The highest BCUT2D eigenvalue weighted by Gasteiger charge is 2.45. The fourth-order valence-corrected chi connectivity index (χ4v) is 4.57. The number of carbonyl (C=O) groups is 2. The minimum atomic E-state index is -1.02. The molecule has 162 valence electrons. The Hall–Kier alpha value is -2.46. The first kappa shape index (κ1) is 22.2. The smallest absolute Gasteiger partial charge is 0.411 e. The normalized spacial score (nSPS) is 26.3. The topological polar surface area (TPSA) is 99.9 Å². The van der Waals surface area contributed by atoms with Crippen molar-refractivity contribution in [1.82, 2.24) is 4.90 Å². The van der Waals surface area contributed by atoms with Gasteiger partial charge in [-0.15, -0.1) is 0 Å². The van der Waals surface area contributed by atoms with Gasteiger partial charge in [-0.2, -0.15) is 5.26 Å². The number of carboxylic acid groups (broad SMARTS) is 1. The fourth-order valence-electron chi connectivity index (χ4n) is 4.36. The van der Waals surface area contributed by atoms with E-state index >= 15 is 0 Å². The van der Waals surface area contributed by atoms with E-state index in [-0.39, 0.29) is 17.9 Å². The second-order valence-corrected chi connectivity index (χ2v) is 9.43. The Balaban J connectivity index is 1.70. The molecule has 1 saturated heterocycles. The third-order valence-corrected chi connectivity index (χ3v) is 6.03. The maximum Gasteiger partial charge on any atom is 0.411 e. The van der Waals surface area contributed by atoms with Gasteiger partial charge in [-0.1, -0.05) is 17.7 Å². The Morgan fingerprint density at radius 1 is 1.23 bits per heavy atom. The average Bonchev–Trinajstić information content (AvgIpc) is 2.65. The lowest BCUT2D eigenvalue weighted by molar-refractivity contribution is -0.147. The van der Waals surface area contributed by atoms with Gasteiger partial charge in [-0.25, -0.2) is 9.59 Å². The summed E-state index contributed by atoms with van der Waals surface area (Å²) in [5.41, 5.74) is -0.373. The summed E-state index contributed by atoms with van der Waals surface area (Å²) in [7, 11) is 0. The van der Waals surface area contributed by atoms with Gasteiger partial charge in [0.05, 0.1) is 11.1 Å². The highest BCUT2D eigenvalue weighted by Crippen LogP contribution is 2.41. The van der Waals surface area contributed by atoms with Crippen LogP contribution in [0.3, 0.4) is 0 Å². The minimum Gasteiger partial charge on any atom is -0.489 e. The molecule has 4 atom stereocenters. The lowest BCUT2D eigenvalue weighted by Crippen LogP contribution is -2.56. The van der Waals surface area contributed by atoms with Crippen LogP contribution in [0.1, 0.15) is 52.0 Å². The van der Waals surface area contributed by atoms with Crippen molar-refractivity contribution in [3.05, 3.63) is 28.8 Å². The van der Waals surface area contributed by atoms with Crippen LogP contribution in [0.5, 0.6) is 5.75 Å². The number of fused-ring (bicyclic) bond motifs is 1. The van der Waals surface area contributed by atoms with Gasteiger partial charge >= 0.3 is 12.1 Å². The average molecular weight is 435 g/mol. The highest BCUT2D eigenvalue weighted by atomic mass is 35.5. The summed E-state index contributed by atoms with van der Waals surface area (Å²) in [5, 5.41) is 19.4. The van der Waals surface area contributed by atoms with Gasteiger partial charge in [0.1, 0.15) is 29.0 Å². The Morgan fingerprint density at radius 3 is 2.60 bits per heavy atom. The van der Waals surface area contributed by atoms with Gasteiger partial charge < -0.3 is 14.6 Å². The van der Waals surface area contributed by atoms with Crippen LogP contribution in [-0.4, -0.2) is 46.4 Å². The quantitative estimate of drug-likeness (QED) is 0.753. The van der Waals surface area contributed by atoms with E-state index < -0.39 is 23.7 Å². The first-order valence-electron chi connectivity index (χ1n) is 10.2. The van der Waals surface area contributed by atoms with Crippen molar-refractivity contribution in [2.75, 3.05) is 6.54 Å². The van der Waals surface area contributed by atoms with E-state index in [1.165, 1.54) is 4.90 Å². The molecule has 4 unspecified atom stereocenters. The third-order valence-electron chi connectivity index (χ3n) is 5.72. The summed E-state index contributed by atoms with van der Waals surface area (Å²) in [6.45, 7) is 5.66. The molecule has 0 radical (unpaired) electrons. The monoisotopic (exact) mass is 434 g/mol. The zero-order valence-electron chi connectivity index (χ0n) is 17.4. The van der Waals surface area contributed by atoms with E-state index in [0.29, 0.717) is 35.7 Å². The maximum absolute atomic E-state index is 12.6. The number of nitrogens with zero attached hydrogens (tertiary/aromatic N) is 2. The van der Waals surface area contributed by atoms with Gasteiger partial charge in [0.2, 0.25) is 0 Å². The Labute approximate surface area is 181 Å². The molecule has 1 saturated carbocycles. The molecule has 1 aliphatic carbocycles. The molecule has 1 amide bonds. The fraction of sp³-hybridized carbons (Fsp3) is 0.591. The van der Waals surface area contributed by atoms with E-state index in [2.05, 4.69) is 6.07 Å². The summed E-state index contributed by atoms with van der Waals surface area (Å²) in [4.78, 5) is 25.8. The van der Waals surface area contributed by atoms with E-state index in [4.69, 9.17) is 21.1 Å². The van der Waals surface area contributed by atoms with Crippen LogP contribution in [0.2, 0.25) is 5.02 Å². The van der Waals surface area contributed by atoms with Crippen LogP contribution in [0, 0.1) is 23.2 Å². The Kier molecular flexibility index (Phi) is 6.47. The summed E-state index contributed by atoms with van der Waals surface area (Å²) >= 11 is 6.09. The number of aliphatic carboxylic acids is 1. The van der Waals surface area contributed by atoms with E-state index in [0.717, 1.165) is 12.8 Å². The number of amides is 1. The standard InChI is InChI=1S/C22H27ClN2O5/c1-22(2,3)30-21(28)25-12-13-7-8-15(9-14(13)10-18(25)20(26)27)29-19-6-4-5-17(23)16(19)11-24/h4-6,13-15,18H,7-10,12H2,1-3H3,(H,26,27). The number of halogens is 1. The number of hydrogen-bond acceptors (Lipinski definition) is 5. The number of likely N-dealkylation sites (tertiary alicyclic amines) is 1. The molecule has 2 aliphatic rings. The van der Waals surface area contributed by atoms with Crippen molar-refractivity contribution in [1.29, 1.82) is 5.26 Å². The largest absolute Gasteiger partial charge is 0.489 e. The molecule has 0 bridgehead atoms. The van der Waals surface area contributed by atoms with Crippen molar-refractivity contribution in [2.45, 2.75) is 64.2 Å². The molecule has 30 heavy (non-hydrogen) atoms. The molecule has 2 fully saturated rings. The SMILES string of the molecule is CC(C)(C)OC(=O)N1CC2CCC(Oc3cccc(Cl)c3C#N)CC2CC1C(=O)O. The number of hydrogen-bond donors (Lipinski definition) is 1. The minimum absolute atomic E-state index is 0.119. The Morgan fingerprint density at radius 2 is 1.97 bits per heavy atom. The van der Waals surface area contributed by atoms with Crippen molar-refractivity contribution < 1.29 is 24.2 Å².